The SMILES string of the molecule is CC/C=C\C/C=C\C/C=C\C/C=C\CCC(=O)OC(COCCCCCCCCCCCCCCCC)COC(=O)CCCCCCCCCCCCCCCCCCC. The maximum Gasteiger partial charge on any atom is 0.306 e. The highest BCUT2D eigenvalue weighted by molar-refractivity contribution is 5.70. The van der Waals surface area contributed by atoms with Gasteiger partial charge in [0, 0.05) is 19.4 Å². The topological polar surface area (TPSA) is 61.8 Å². The molecule has 0 heterocycles. The molecule has 0 aliphatic heterocycles. The van der Waals surface area contributed by atoms with Crippen molar-refractivity contribution in [1.82, 2.24) is 0 Å². The molecule has 0 saturated heterocycles. The lowest BCUT2D eigenvalue weighted by Crippen LogP contribution is -2.30. The van der Waals surface area contributed by atoms with Gasteiger partial charge in [-0.05, 0) is 44.9 Å². The first-order chi connectivity index (χ1) is 29.6. The van der Waals surface area contributed by atoms with Crippen LogP contribution in [0.4, 0.5) is 0 Å². The highest BCUT2D eigenvalue weighted by atomic mass is 16.6. The van der Waals surface area contributed by atoms with E-state index in [4.69, 9.17) is 14.2 Å². The fourth-order valence-corrected chi connectivity index (χ4v) is 7.53. The number of carbonyl (C=O) groups excluding carboxylic acids is 2. The molecule has 0 amide bonds. The maximum atomic E-state index is 12.7. The van der Waals surface area contributed by atoms with Crippen LogP contribution in [0.25, 0.3) is 0 Å². The van der Waals surface area contributed by atoms with Gasteiger partial charge in [0.2, 0.25) is 0 Å². The van der Waals surface area contributed by atoms with Gasteiger partial charge >= 0.3 is 11.9 Å². The second kappa shape index (κ2) is 51.2. The van der Waals surface area contributed by atoms with Crippen LogP contribution >= 0.6 is 0 Å². The number of ether oxygens (including phenoxy) is 3. The number of carbonyl (C=O) groups is 2. The lowest BCUT2D eigenvalue weighted by atomic mass is 10.0. The van der Waals surface area contributed by atoms with Crippen molar-refractivity contribution < 1.29 is 23.8 Å². The summed E-state index contributed by atoms with van der Waals surface area (Å²) in [6.45, 7) is 7.68. The monoisotopic (exact) mass is 841 g/mol. The summed E-state index contributed by atoms with van der Waals surface area (Å²) in [6, 6.07) is 0. The van der Waals surface area contributed by atoms with Crippen molar-refractivity contribution in [2.45, 2.75) is 271 Å². The zero-order chi connectivity index (χ0) is 43.5. The van der Waals surface area contributed by atoms with Crippen LogP contribution < -0.4 is 0 Å². The van der Waals surface area contributed by atoms with Crippen molar-refractivity contribution in [3.05, 3.63) is 48.6 Å². The van der Waals surface area contributed by atoms with Crippen LogP contribution in [0.5, 0.6) is 0 Å². The highest BCUT2D eigenvalue weighted by Gasteiger charge is 2.17. The molecular formula is C55H100O5. The standard InChI is InChI=1S/C55H100O5/c1-4-7-10-13-16-19-22-25-27-28-29-31-33-36-39-42-45-48-54(56)59-52-53(51-58-50-47-44-41-38-35-32-26-23-20-17-14-11-8-5-2)60-55(57)49-46-43-40-37-34-30-24-21-18-15-12-9-6-3/h9,12,18,21,30,34,40,43,53H,4-8,10-11,13-17,19-20,22-29,31-33,35-39,41-42,44-52H2,1-3H3/b12-9-,21-18-,34-30-,43-40-. The Bertz CT molecular complexity index is 997. The van der Waals surface area contributed by atoms with Gasteiger partial charge in [-0.25, -0.2) is 0 Å². The molecule has 0 aliphatic rings. The van der Waals surface area contributed by atoms with Crippen molar-refractivity contribution in [3.8, 4) is 0 Å². The van der Waals surface area contributed by atoms with E-state index in [0.29, 0.717) is 25.9 Å². The number of hydrogen-bond donors (Lipinski definition) is 0. The van der Waals surface area contributed by atoms with E-state index in [9.17, 15) is 9.59 Å². The second-order valence-corrected chi connectivity index (χ2v) is 17.4. The first-order valence-electron chi connectivity index (χ1n) is 26.2. The largest absolute Gasteiger partial charge is 0.462 e. The highest BCUT2D eigenvalue weighted by Crippen LogP contribution is 2.16. The first-order valence-corrected chi connectivity index (χ1v) is 26.2. The molecule has 5 heteroatoms. The first kappa shape index (κ1) is 57.9. The van der Waals surface area contributed by atoms with E-state index in [1.54, 1.807) is 0 Å². The summed E-state index contributed by atoms with van der Waals surface area (Å²) in [5.41, 5.74) is 0. The van der Waals surface area contributed by atoms with Gasteiger partial charge in [0.1, 0.15) is 6.61 Å². The molecule has 350 valence electrons. The van der Waals surface area contributed by atoms with Gasteiger partial charge < -0.3 is 14.2 Å². The van der Waals surface area contributed by atoms with Crippen molar-refractivity contribution >= 4 is 11.9 Å². The van der Waals surface area contributed by atoms with Crippen molar-refractivity contribution in [3.63, 3.8) is 0 Å². The van der Waals surface area contributed by atoms with E-state index in [-0.39, 0.29) is 25.2 Å². The quantitative estimate of drug-likeness (QED) is 0.0347. The van der Waals surface area contributed by atoms with Gasteiger partial charge in [-0.2, -0.15) is 0 Å². The van der Waals surface area contributed by atoms with Crippen LogP contribution in [0.1, 0.15) is 265 Å². The van der Waals surface area contributed by atoms with E-state index in [1.165, 1.54) is 173 Å². The van der Waals surface area contributed by atoms with Crippen LogP contribution in [0.15, 0.2) is 48.6 Å². The van der Waals surface area contributed by atoms with E-state index in [2.05, 4.69) is 63.3 Å². The summed E-state index contributed by atoms with van der Waals surface area (Å²) in [7, 11) is 0. The molecule has 0 radical (unpaired) electrons. The molecule has 0 fully saturated rings. The Labute approximate surface area is 373 Å². The zero-order valence-corrected chi connectivity index (χ0v) is 40.2. The van der Waals surface area contributed by atoms with Crippen LogP contribution in [0.3, 0.4) is 0 Å². The molecule has 1 atom stereocenters. The van der Waals surface area contributed by atoms with Crippen LogP contribution in [-0.2, 0) is 23.8 Å². The summed E-state index contributed by atoms with van der Waals surface area (Å²) < 4.78 is 17.3. The molecule has 0 aliphatic carbocycles. The van der Waals surface area contributed by atoms with E-state index < -0.39 is 6.10 Å². The summed E-state index contributed by atoms with van der Waals surface area (Å²) >= 11 is 0. The minimum absolute atomic E-state index is 0.0617. The van der Waals surface area contributed by atoms with Gasteiger partial charge in [0.25, 0.3) is 0 Å². The number of hydrogen-bond acceptors (Lipinski definition) is 5. The fraction of sp³-hybridized carbons (Fsp3) is 0.818. The number of esters is 2. The number of unbranched alkanes of at least 4 members (excludes halogenated alkanes) is 29. The minimum Gasteiger partial charge on any atom is -0.462 e. The Morgan fingerprint density at radius 3 is 1.17 bits per heavy atom. The predicted octanol–water partition coefficient (Wildman–Crippen LogP) is 17.6. The zero-order valence-electron chi connectivity index (χ0n) is 40.2. The summed E-state index contributed by atoms with van der Waals surface area (Å²) in [5, 5.41) is 0. The molecule has 5 nitrogen and oxygen atoms in total. The molecule has 0 rings (SSSR count). The lowest BCUT2D eigenvalue weighted by Gasteiger charge is -2.18. The normalized spacial score (nSPS) is 12.5. The van der Waals surface area contributed by atoms with Crippen molar-refractivity contribution in [1.29, 1.82) is 0 Å². The summed E-state index contributed by atoms with van der Waals surface area (Å²) in [5.74, 6) is -0.476. The van der Waals surface area contributed by atoms with Gasteiger partial charge in [-0.3, -0.25) is 9.59 Å². The van der Waals surface area contributed by atoms with Crippen LogP contribution in [0.2, 0.25) is 0 Å². The van der Waals surface area contributed by atoms with Crippen molar-refractivity contribution in [2.75, 3.05) is 19.8 Å². The van der Waals surface area contributed by atoms with Crippen LogP contribution in [0, 0.1) is 0 Å². The molecule has 0 aromatic rings. The third-order valence-corrected chi connectivity index (χ3v) is 11.4. The Hall–Kier alpha value is -2.14. The molecule has 0 bridgehead atoms. The average Bonchev–Trinajstić information content (AvgIpc) is 3.25. The Kier molecular flexibility index (Phi) is 49.4. The third kappa shape index (κ3) is 48.5. The Morgan fingerprint density at radius 1 is 0.383 bits per heavy atom. The molecule has 0 N–H and O–H groups in total. The predicted molar refractivity (Wildman–Crippen MR) is 261 cm³/mol. The molecular weight excluding hydrogens is 741 g/mol. The minimum atomic E-state index is -0.568. The second-order valence-electron chi connectivity index (χ2n) is 17.4. The van der Waals surface area contributed by atoms with Gasteiger partial charge in [0.05, 0.1) is 6.61 Å². The number of rotatable bonds is 48. The Balaban J connectivity index is 4.28. The maximum absolute atomic E-state index is 12.7. The number of allylic oxidation sites excluding steroid dienone is 8. The third-order valence-electron chi connectivity index (χ3n) is 11.4. The smallest absolute Gasteiger partial charge is 0.306 e. The molecule has 0 spiro atoms. The summed E-state index contributed by atoms with van der Waals surface area (Å²) in [4.78, 5) is 25.3. The van der Waals surface area contributed by atoms with Gasteiger partial charge in [0.15, 0.2) is 6.10 Å². The van der Waals surface area contributed by atoms with E-state index >= 15 is 0 Å². The van der Waals surface area contributed by atoms with Gasteiger partial charge in [-0.1, -0.05) is 256 Å². The van der Waals surface area contributed by atoms with Crippen molar-refractivity contribution in [2.24, 2.45) is 0 Å². The van der Waals surface area contributed by atoms with Gasteiger partial charge in [-0.15, -0.1) is 0 Å². The molecule has 0 saturated carbocycles. The Morgan fingerprint density at radius 2 is 0.750 bits per heavy atom. The molecule has 1 unspecified atom stereocenters. The average molecular weight is 841 g/mol. The van der Waals surface area contributed by atoms with Crippen LogP contribution in [-0.4, -0.2) is 37.9 Å². The molecule has 0 aromatic carbocycles. The molecule has 60 heavy (non-hydrogen) atoms. The fourth-order valence-electron chi connectivity index (χ4n) is 7.53. The van der Waals surface area contributed by atoms with E-state index in [1.807, 2.05) is 6.08 Å². The summed E-state index contributed by atoms with van der Waals surface area (Å²) in [6.07, 6.45) is 62.8. The molecule has 0 aromatic heterocycles. The van der Waals surface area contributed by atoms with E-state index in [0.717, 1.165) is 51.4 Å². The lowest BCUT2D eigenvalue weighted by molar-refractivity contribution is -0.162.